The Morgan fingerprint density at radius 2 is 1.83 bits per heavy atom. The number of aliphatic hydroxyl groups excluding tert-OH is 1. The van der Waals surface area contributed by atoms with Crippen molar-refractivity contribution in [3.8, 4) is 0 Å². The van der Waals surface area contributed by atoms with Gasteiger partial charge in [-0.25, -0.2) is 8.78 Å². The van der Waals surface area contributed by atoms with Crippen LogP contribution in [0.1, 0.15) is 45.3 Å². The highest BCUT2D eigenvalue weighted by Gasteiger charge is 2.21. The zero-order chi connectivity index (χ0) is 13.8. The first-order valence-corrected chi connectivity index (χ1v) is 6.24. The van der Waals surface area contributed by atoms with Crippen molar-refractivity contribution in [1.29, 1.82) is 0 Å². The number of halogens is 2. The molecule has 0 aliphatic rings. The van der Waals surface area contributed by atoms with Crippen LogP contribution in [0.15, 0.2) is 18.2 Å². The topological polar surface area (TPSA) is 32.3 Å². The van der Waals surface area contributed by atoms with Gasteiger partial charge in [0.2, 0.25) is 0 Å². The second kappa shape index (κ2) is 6.25. The van der Waals surface area contributed by atoms with Crippen molar-refractivity contribution < 1.29 is 13.9 Å². The van der Waals surface area contributed by atoms with Crippen LogP contribution in [0.25, 0.3) is 0 Å². The van der Waals surface area contributed by atoms with E-state index in [2.05, 4.69) is 12.2 Å². The maximum absolute atomic E-state index is 13.4. The monoisotopic (exact) mass is 257 g/mol. The lowest BCUT2D eigenvalue weighted by Gasteiger charge is -2.27. The molecule has 0 radical (unpaired) electrons. The van der Waals surface area contributed by atoms with E-state index < -0.39 is 17.7 Å². The van der Waals surface area contributed by atoms with E-state index in [9.17, 15) is 13.9 Å². The third-order valence-corrected chi connectivity index (χ3v) is 2.98. The predicted molar refractivity (Wildman–Crippen MR) is 68.3 cm³/mol. The molecular formula is C14H21F2NO. The van der Waals surface area contributed by atoms with E-state index in [0.717, 1.165) is 25.0 Å². The summed E-state index contributed by atoms with van der Waals surface area (Å²) >= 11 is 0. The first-order chi connectivity index (χ1) is 8.37. The fourth-order valence-electron chi connectivity index (χ4n) is 2.02. The van der Waals surface area contributed by atoms with Gasteiger partial charge in [0.05, 0.1) is 11.7 Å². The minimum atomic E-state index is -1.18. The minimum Gasteiger partial charge on any atom is -0.387 e. The predicted octanol–water partition coefficient (Wildman–Crippen LogP) is 3.17. The lowest BCUT2D eigenvalue weighted by Crippen LogP contribution is -2.41. The lowest BCUT2D eigenvalue weighted by atomic mass is 9.98. The van der Waals surface area contributed by atoms with E-state index in [-0.39, 0.29) is 17.6 Å². The average molecular weight is 257 g/mol. The first-order valence-electron chi connectivity index (χ1n) is 6.24. The van der Waals surface area contributed by atoms with Gasteiger partial charge >= 0.3 is 0 Å². The Morgan fingerprint density at radius 3 is 2.33 bits per heavy atom. The van der Waals surface area contributed by atoms with E-state index in [1.54, 1.807) is 0 Å². The molecule has 0 bridgehead atoms. The molecule has 0 amide bonds. The largest absolute Gasteiger partial charge is 0.387 e. The highest BCUT2D eigenvalue weighted by molar-refractivity contribution is 5.22. The van der Waals surface area contributed by atoms with Crippen LogP contribution in [0.2, 0.25) is 0 Å². The maximum Gasteiger partial charge on any atom is 0.131 e. The fraction of sp³-hybridized carbons (Fsp3) is 0.571. The van der Waals surface area contributed by atoms with Crippen molar-refractivity contribution in [2.24, 2.45) is 0 Å². The number of rotatable bonds is 6. The molecule has 0 aromatic heterocycles. The van der Waals surface area contributed by atoms with Crippen molar-refractivity contribution in [3.63, 3.8) is 0 Å². The van der Waals surface area contributed by atoms with Crippen molar-refractivity contribution >= 4 is 0 Å². The second-order valence-corrected chi connectivity index (χ2v) is 5.17. The Kier molecular flexibility index (Phi) is 5.23. The third kappa shape index (κ3) is 4.03. The van der Waals surface area contributed by atoms with E-state index in [1.807, 2.05) is 13.8 Å². The Bertz CT molecular complexity index is 373. The molecule has 1 atom stereocenters. The molecule has 0 aliphatic carbocycles. The molecule has 4 heteroatoms. The van der Waals surface area contributed by atoms with Gasteiger partial charge in [0.15, 0.2) is 0 Å². The second-order valence-electron chi connectivity index (χ2n) is 5.17. The van der Waals surface area contributed by atoms with Gasteiger partial charge in [-0.3, -0.25) is 0 Å². The standard InChI is InChI=1S/C14H21F2NO/c1-4-8-14(2,3)17-9-12(18)13-10(15)6-5-7-11(13)16/h5-7,12,17-18H,4,8-9H2,1-3H3. The highest BCUT2D eigenvalue weighted by atomic mass is 19.1. The Labute approximate surface area is 107 Å². The minimum absolute atomic E-state index is 0.130. The molecule has 0 saturated heterocycles. The van der Waals surface area contributed by atoms with Crippen LogP contribution in [-0.2, 0) is 0 Å². The molecule has 0 fully saturated rings. The fourth-order valence-corrected chi connectivity index (χ4v) is 2.02. The van der Waals surface area contributed by atoms with E-state index in [4.69, 9.17) is 0 Å². The van der Waals surface area contributed by atoms with E-state index in [1.165, 1.54) is 6.07 Å². The number of hydrogen-bond acceptors (Lipinski definition) is 2. The zero-order valence-corrected chi connectivity index (χ0v) is 11.1. The SMILES string of the molecule is CCCC(C)(C)NCC(O)c1c(F)cccc1F. The van der Waals surface area contributed by atoms with Gasteiger partial charge in [-0.15, -0.1) is 0 Å². The van der Waals surface area contributed by atoms with Gasteiger partial charge in [-0.05, 0) is 32.4 Å². The summed E-state index contributed by atoms with van der Waals surface area (Å²) < 4.78 is 26.9. The van der Waals surface area contributed by atoms with Crippen LogP contribution < -0.4 is 5.32 Å². The Morgan fingerprint density at radius 1 is 1.28 bits per heavy atom. The molecule has 2 N–H and O–H groups in total. The van der Waals surface area contributed by atoms with Crippen LogP contribution in [0.3, 0.4) is 0 Å². The van der Waals surface area contributed by atoms with Crippen LogP contribution in [0.4, 0.5) is 8.78 Å². The summed E-state index contributed by atoms with van der Waals surface area (Å²) in [5, 5.41) is 13.0. The molecule has 1 aromatic rings. The van der Waals surface area contributed by atoms with Gasteiger partial charge in [-0.2, -0.15) is 0 Å². The maximum atomic E-state index is 13.4. The molecule has 102 valence electrons. The summed E-state index contributed by atoms with van der Waals surface area (Å²) in [5.41, 5.74) is -0.422. The van der Waals surface area contributed by atoms with Crippen molar-refractivity contribution in [3.05, 3.63) is 35.4 Å². The zero-order valence-electron chi connectivity index (χ0n) is 11.1. The van der Waals surface area contributed by atoms with E-state index >= 15 is 0 Å². The molecule has 0 heterocycles. The molecule has 1 unspecified atom stereocenters. The summed E-state index contributed by atoms with van der Waals surface area (Å²) in [7, 11) is 0. The van der Waals surface area contributed by atoms with Gasteiger partial charge in [-0.1, -0.05) is 19.4 Å². The molecule has 0 saturated carbocycles. The molecule has 2 nitrogen and oxygen atoms in total. The highest BCUT2D eigenvalue weighted by Crippen LogP contribution is 2.21. The first kappa shape index (κ1) is 15.1. The molecule has 1 rings (SSSR count). The molecule has 0 aliphatic heterocycles. The normalized spacial score (nSPS) is 13.7. The third-order valence-electron chi connectivity index (χ3n) is 2.98. The van der Waals surface area contributed by atoms with Crippen molar-refractivity contribution in [1.82, 2.24) is 5.32 Å². The number of nitrogens with one attached hydrogen (secondary N) is 1. The summed E-state index contributed by atoms with van der Waals surface area (Å²) in [5.74, 6) is -1.42. The van der Waals surface area contributed by atoms with Gasteiger partial charge in [0.1, 0.15) is 11.6 Å². The van der Waals surface area contributed by atoms with Crippen molar-refractivity contribution in [2.45, 2.75) is 45.3 Å². The van der Waals surface area contributed by atoms with Gasteiger partial charge in [0.25, 0.3) is 0 Å². The van der Waals surface area contributed by atoms with Crippen LogP contribution >= 0.6 is 0 Å². The summed E-state index contributed by atoms with van der Waals surface area (Å²) in [4.78, 5) is 0. The Balaban J connectivity index is 2.69. The number of aliphatic hydroxyl groups is 1. The summed E-state index contributed by atoms with van der Waals surface area (Å²) in [6, 6.07) is 3.59. The average Bonchev–Trinajstić information content (AvgIpc) is 2.26. The summed E-state index contributed by atoms with van der Waals surface area (Å²) in [6.07, 6.45) is 0.756. The molecular weight excluding hydrogens is 236 g/mol. The molecule has 0 spiro atoms. The smallest absolute Gasteiger partial charge is 0.131 e. The van der Waals surface area contributed by atoms with Crippen LogP contribution in [0.5, 0.6) is 0 Å². The molecule has 18 heavy (non-hydrogen) atoms. The summed E-state index contributed by atoms with van der Waals surface area (Å²) in [6.45, 7) is 6.20. The number of β-amino-alcohol motifs (C(OH)–C–C–N with tert-alkyl or cyclic N) is 1. The van der Waals surface area contributed by atoms with Crippen LogP contribution in [-0.4, -0.2) is 17.2 Å². The van der Waals surface area contributed by atoms with Gasteiger partial charge < -0.3 is 10.4 Å². The quantitative estimate of drug-likeness (QED) is 0.820. The lowest BCUT2D eigenvalue weighted by molar-refractivity contribution is 0.150. The number of benzene rings is 1. The van der Waals surface area contributed by atoms with Crippen molar-refractivity contribution in [2.75, 3.05) is 6.54 Å². The number of hydrogen-bond donors (Lipinski definition) is 2. The molecule has 1 aromatic carbocycles. The van der Waals surface area contributed by atoms with Gasteiger partial charge in [0, 0.05) is 12.1 Å². The van der Waals surface area contributed by atoms with E-state index in [0.29, 0.717) is 0 Å². The van der Waals surface area contributed by atoms with Crippen LogP contribution in [0, 0.1) is 11.6 Å². The Hall–Kier alpha value is -1.00.